The van der Waals surface area contributed by atoms with Crippen molar-refractivity contribution in [2.75, 3.05) is 6.79 Å². The van der Waals surface area contributed by atoms with Crippen molar-refractivity contribution < 1.29 is 14.3 Å². The summed E-state index contributed by atoms with van der Waals surface area (Å²) < 4.78 is 10.3. The number of hydrogen-bond acceptors (Lipinski definition) is 5. The highest BCUT2D eigenvalue weighted by atomic mass is 35.5. The number of benzene rings is 2. The van der Waals surface area contributed by atoms with E-state index in [1.807, 2.05) is 24.3 Å². The van der Waals surface area contributed by atoms with Crippen molar-refractivity contribution in [3.63, 3.8) is 0 Å². The van der Waals surface area contributed by atoms with E-state index in [0.29, 0.717) is 24.5 Å². The quantitative estimate of drug-likeness (QED) is 0.861. The maximum atomic E-state index is 10.6. The zero-order chi connectivity index (χ0) is 15.9. The zero-order valence-electron chi connectivity index (χ0n) is 11.6. The average Bonchev–Trinajstić information content (AvgIpc) is 3.02. The molecule has 0 aromatic heterocycles. The topological polar surface area (TPSA) is 85.3 Å². The molecule has 22 heavy (non-hydrogen) atoms. The van der Waals surface area contributed by atoms with E-state index in [9.17, 15) is 4.79 Å². The second kappa shape index (κ2) is 7.46. The number of fused-ring (bicyclic) bond motifs is 1. The Kier molecular flexibility index (Phi) is 5.37. The van der Waals surface area contributed by atoms with Crippen molar-refractivity contribution in [2.45, 2.75) is 6.54 Å². The summed E-state index contributed by atoms with van der Waals surface area (Å²) in [6.45, 7) is 0.861. The van der Waals surface area contributed by atoms with Gasteiger partial charge < -0.3 is 15.2 Å². The largest absolute Gasteiger partial charge is 0.454 e. The number of hydrogen-bond donors (Lipinski definition) is 1. The van der Waals surface area contributed by atoms with Crippen LogP contribution in [0.2, 0.25) is 0 Å². The monoisotopic (exact) mass is 316 g/mol. The summed E-state index contributed by atoms with van der Waals surface area (Å²) in [5, 5.41) is 7.90. The summed E-state index contributed by atoms with van der Waals surface area (Å²) in [6, 6.07) is 13.9. The van der Waals surface area contributed by atoms with Crippen molar-refractivity contribution >= 4 is 16.8 Å². The summed E-state index contributed by atoms with van der Waals surface area (Å²) in [5.74, 6) is 1.61. The zero-order valence-corrected chi connectivity index (χ0v) is 12.3. The molecule has 0 bridgehead atoms. The minimum atomic E-state index is -0.540. The first kappa shape index (κ1) is 15.8. The normalized spacial score (nSPS) is 11.1. The molecule has 5 nitrogen and oxygen atoms in total. The fourth-order valence-corrected chi connectivity index (χ4v) is 1.90. The Morgan fingerprint density at radius 2 is 2.00 bits per heavy atom. The van der Waals surface area contributed by atoms with E-state index in [4.69, 9.17) is 32.1 Å². The molecule has 0 fully saturated rings. The highest BCUT2D eigenvalue weighted by Gasteiger charge is 2.12. The van der Waals surface area contributed by atoms with E-state index in [1.165, 1.54) is 6.07 Å². The van der Waals surface area contributed by atoms with Crippen LogP contribution in [-0.4, -0.2) is 12.0 Å². The molecule has 3 rings (SSSR count). The van der Waals surface area contributed by atoms with Gasteiger partial charge in [0.15, 0.2) is 11.5 Å². The van der Waals surface area contributed by atoms with E-state index >= 15 is 0 Å². The van der Waals surface area contributed by atoms with Crippen LogP contribution in [0.5, 0.6) is 11.5 Å². The number of ether oxygens (including phenoxy) is 2. The molecule has 0 spiro atoms. The summed E-state index contributed by atoms with van der Waals surface area (Å²) in [7, 11) is 0. The van der Waals surface area contributed by atoms with Gasteiger partial charge in [-0.2, -0.15) is 5.26 Å². The number of nitrogens with zero attached hydrogens (tertiary/aromatic N) is 1. The third-order valence-electron chi connectivity index (χ3n) is 2.89. The van der Waals surface area contributed by atoms with Crippen molar-refractivity contribution in [1.82, 2.24) is 0 Å². The highest BCUT2D eigenvalue weighted by molar-refractivity contribution is 6.67. The molecule has 0 radical (unpaired) electrons. The molecule has 0 saturated carbocycles. The minimum Gasteiger partial charge on any atom is -0.454 e. The van der Waals surface area contributed by atoms with Crippen molar-refractivity contribution in [1.29, 1.82) is 5.26 Å². The summed E-state index contributed by atoms with van der Waals surface area (Å²) in [4.78, 5) is 10.6. The van der Waals surface area contributed by atoms with Crippen LogP contribution in [0.25, 0.3) is 0 Å². The first-order valence-corrected chi connectivity index (χ1v) is 6.80. The molecule has 6 heteroatoms. The Morgan fingerprint density at radius 3 is 2.68 bits per heavy atom. The van der Waals surface area contributed by atoms with Gasteiger partial charge in [0.1, 0.15) is 0 Å². The number of carbonyl (C=O) groups excluding carboxylic acids is 1. The summed E-state index contributed by atoms with van der Waals surface area (Å²) in [6.07, 6.45) is 0. The number of nitrogens with two attached hydrogens (primary N) is 1. The lowest BCUT2D eigenvalue weighted by Gasteiger charge is -1.97. The lowest BCUT2D eigenvalue weighted by Crippen LogP contribution is -1.95. The van der Waals surface area contributed by atoms with Gasteiger partial charge in [-0.3, -0.25) is 4.79 Å². The highest BCUT2D eigenvalue weighted by Crippen LogP contribution is 2.32. The van der Waals surface area contributed by atoms with Crippen LogP contribution in [0.3, 0.4) is 0 Å². The van der Waals surface area contributed by atoms with E-state index in [-0.39, 0.29) is 0 Å². The van der Waals surface area contributed by atoms with Crippen molar-refractivity contribution in [2.24, 2.45) is 5.73 Å². The standard InChI is InChI=1S/C8H4ClNO.C8H9NO2/c9-8(11)7-3-1-2-6(4-7)5-10;9-4-6-1-2-7-8(3-6)11-5-10-7/h1-4H;1-3H,4-5,9H2. The predicted octanol–water partition coefficient (Wildman–Crippen LogP) is 2.81. The number of halogens is 1. The second-order valence-electron chi connectivity index (χ2n) is 4.36. The Bertz CT molecular complexity index is 726. The van der Waals surface area contributed by atoms with Gasteiger partial charge in [-0.25, -0.2) is 0 Å². The average molecular weight is 317 g/mol. The van der Waals surface area contributed by atoms with Gasteiger partial charge in [-0.1, -0.05) is 18.2 Å². The third kappa shape index (κ3) is 3.98. The van der Waals surface area contributed by atoms with Crippen LogP contribution in [0.1, 0.15) is 21.5 Å². The molecule has 0 amide bonds. The number of carbonyl (C=O) groups is 1. The predicted molar refractivity (Wildman–Crippen MR) is 81.8 cm³/mol. The molecule has 2 aromatic rings. The smallest absolute Gasteiger partial charge is 0.252 e. The maximum Gasteiger partial charge on any atom is 0.252 e. The van der Waals surface area contributed by atoms with Gasteiger partial charge in [0, 0.05) is 12.1 Å². The fraction of sp³-hybridized carbons (Fsp3) is 0.125. The van der Waals surface area contributed by atoms with Gasteiger partial charge in [0.05, 0.1) is 11.6 Å². The van der Waals surface area contributed by atoms with Gasteiger partial charge in [0.2, 0.25) is 6.79 Å². The van der Waals surface area contributed by atoms with Crippen molar-refractivity contribution in [3.05, 3.63) is 59.2 Å². The van der Waals surface area contributed by atoms with Crippen LogP contribution >= 0.6 is 11.6 Å². The Balaban J connectivity index is 0.000000160. The van der Waals surface area contributed by atoms with E-state index < -0.39 is 5.24 Å². The molecule has 0 aliphatic carbocycles. The van der Waals surface area contributed by atoms with E-state index in [2.05, 4.69) is 0 Å². The minimum absolute atomic E-state index is 0.323. The summed E-state index contributed by atoms with van der Waals surface area (Å²) >= 11 is 5.18. The van der Waals surface area contributed by atoms with Crippen LogP contribution in [0.4, 0.5) is 0 Å². The molecule has 2 aromatic carbocycles. The Hall–Kier alpha value is -2.55. The van der Waals surface area contributed by atoms with Gasteiger partial charge >= 0.3 is 0 Å². The molecule has 1 aliphatic heterocycles. The van der Waals surface area contributed by atoms with Crippen LogP contribution < -0.4 is 15.2 Å². The first-order valence-electron chi connectivity index (χ1n) is 6.42. The van der Waals surface area contributed by atoms with Crippen LogP contribution in [-0.2, 0) is 6.54 Å². The number of nitriles is 1. The fourth-order valence-electron chi connectivity index (χ4n) is 1.78. The maximum absolute atomic E-state index is 10.6. The molecule has 0 unspecified atom stereocenters. The lowest BCUT2D eigenvalue weighted by molar-refractivity contribution is 0.108. The molecular weight excluding hydrogens is 304 g/mol. The third-order valence-corrected chi connectivity index (χ3v) is 3.11. The Morgan fingerprint density at radius 1 is 1.23 bits per heavy atom. The molecule has 112 valence electrons. The lowest BCUT2D eigenvalue weighted by atomic mass is 10.1. The van der Waals surface area contributed by atoms with Crippen LogP contribution in [0.15, 0.2) is 42.5 Å². The van der Waals surface area contributed by atoms with Gasteiger partial charge in [0.25, 0.3) is 5.24 Å². The number of rotatable bonds is 2. The Labute approximate surface area is 132 Å². The molecule has 1 heterocycles. The first-order chi connectivity index (χ1) is 10.6. The molecule has 0 saturated heterocycles. The summed E-state index contributed by atoms with van der Waals surface area (Å²) in [5.41, 5.74) is 7.31. The second-order valence-corrected chi connectivity index (χ2v) is 4.70. The van der Waals surface area contributed by atoms with E-state index in [0.717, 1.165) is 17.1 Å². The van der Waals surface area contributed by atoms with Crippen molar-refractivity contribution in [3.8, 4) is 17.6 Å². The van der Waals surface area contributed by atoms with Gasteiger partial charge in [-0.15, -0.1) is 0 Å². The van der Waals surface area contributed by atoms with Gasteiger partial charge in [-0.05, 0) is 41.4 Å². The SMILES string of the molecule is N#Cc1cccc(C(=O)Cl)c1.NCc1ccc2c(c1)OCO2. The molecule has 2 N–H and O–H groups in total. The molecular formula is C16H13ClN2O3. The molecule has 1 aliphatic rings. The molecule has 0 atom stereocenters. The van der Waals surface area contributed by atoms with E-state index in [1.54, 1.807) is 18.2 Å². The van der Waals surface area contributed by atoms with Crippen LogP contribution in [0, 0.1) is 11.3 Å².